The van der Waals surface area contributed by atoms with Crippen molar-refractivity contribution in [2.75, 3.05) is 13.2 Å². The molecule has 1 fully saturated rings. The highest BCUT2D eigenvalue weighted by atomic mass is 16.5. The Kier molecular flexibility index (Phi) is 7.73. The van der Waals surface area contributed by atoms with Crippen LogP contribution in [0.25, 0.3) is 11.1 Å². The number of fused-ring (bicyclic) bond motifs is 3. The van der Waals surface area contributed by atoms with Gasteiger partial charge in [-0.25, -0.2) is 4.79 Å². The van der Waals surface area contributed by atoms with E-state index in [1.54, 1.807) is 4.90 Å². The normalized spacial score (nSPS) is 18.7. The number of nitrogens with one attached hydrogen (secondary N) is 1. The molecular weight excluding hydrogens is 444 g/mol. The molecular formula is C28H34N2O5. The second kappa shape index (κ2) is 10.9. The minimum absolute atomic E-state index is 0.0185. The summed E-state index contributed by atoms with van der Waals surface area (Å²) in [5.41, 5.74) is 4.75. The monoisotopic (exact) mass is 478 g/mol. The third kappa shape index (κ3) is 5.84. The quantitative estimate of drug-likeness (QED) is 0.540. The van der Waals surface area contributed by atoms with Crippen molar-refractivity contribution in [1.82, 2.24) is 10.2 Å². The lowest BCUT2D eigenvalue weighted by Crippen LogP contribution is -2.39. The summed E-state index contributed by atoms with van der Waals surface area (Å²) < 4.78 is 5.66. The number of carboxylic acids is 1. The Balaban J connectivity index is 1.26. The van der Waals surface area contributed by atoms with Gasteiger partial charge in [-0.2, -0.15) is 0 Å². The van der Waals surface area contributed by atoms with Crippen molar-refractivity contribution in [3.63, 3.8) is 0 Å². The van der Waals surface area contributed by atoms with Crippen molar-refractivity contribution in [3.8, 4) is 11.1 Å². The molecule has 0 unspecified atom stereocenters. The smallest absolute Gasteiger partial charge is 0.407 e. The highest BCUT2D eigenvalue weighted by Gasteiger charge is 2.32. The predicted molar refractivity (Wildman–Crippen MR) is 133 cm³/mol. The lowest BCUT2D eigenvalue weighted by Gasteiger charge is -2.27. The molecule has 2 aromatic carbocycles. The molecule has 0 radical (unpaired) electrons. The zero-order chi connectivity index (χ0) is 24.9. The van der Waals surface area contributed by atoms with E-state index in [4.69, 9.17) is 9.84 Å². The van der Waals surface area contributed by atoms with E-state index in [9.17, 15) is 14.4 Å². The van der Waals surface area contributed by atoms with Crippen molar-refractivity contribution in [3.05, 3.63) is 59.7 Å². The van der Waals surface area contributed by atoms with Gasteiger partial charge in [0.2, 0.25) is 5.91 Å². The minimum Gasteiger partial charge on any atom is -0.481 e. The molecule has 0 saturated heterocycles. The van der Waals surface area contributed by atoms with Gasteiger partial charge in [-0.05, 0) is 61.3 Å². The molecule has 0 heterocycles. The number of carbonyl (C=O) groups is 3. The summed E-state index contributed by atoms with van der Waals surface area (Å²) in [6, 6.07) is 16.4. The standard InChI is InChI=1S/C28H34N2O5/c1-18(2)30(14-13-27(32)33)26(31)16-19-11-12-20(15-19)29-28(34)35-17-25-23-9-5-3-7-21(23)22-8-4-6-10-24(22)25/h3-10,18-20,25H,11-17H2,1-2H3,(H,29,34)(H,32,33)/t19-,20+/m1/s1. The number of hydrogen-bond donors (Lipinski definition) is 2. The van der Waals surface area contributed by atoms with Crippen LogP contribution in [0.3, 0.4) is 0 Å². The van der Waals surface area contributed by atoms with E-state index in [0.717, 1.165) is 19.3 Å². The van der Waals surface area contributed by atoms with Crippen molar-refractivity contribution in [2.24, 2.45) is 5.92 Å². The largest absolute Gasteiger partial charge is 0.481 e. The summed E-state index contributed by atoms with van der Waals surface area (Å²) in [5, 5.41) is 11.9. The van der Waals surface area contributed by atoms with Crippen LogP contribution in [-0.2, 0) is 14.3 Å². The number of ether oxygens (including phenoxy) is 1. The van der Waals surface area contributed by atoms with Crippen molar-refractivity contribution < 1.29 is 24.2 Å². The first-order valence-electron chi connectivity index (χ1n) is 12.5. The number of rotatable bonds is 9. The van der Waals surface area contributed by atoms with Crippen LogP contribution >= 0.6 is 0 Å². The molecule has 7 heteroatoms. The van der Waals surface area contributed by atoms with Crippen LogP contribution in [0.15, 0.2) is 48.5 Å². The van der Waals surface area contributed by atoms with Crippen LogP contribution in [0.5, 0.6) is 0 Å². The minimum atomic E-state index is -0.906. The molecule has 2 amide bonds. The molecule has 0 spiro atoms. The van der Waals surface area contributed by atoms with Crippen molar-refractivity contribution in [2.45, 2.75) is 64.0 Å². The second-order valence-corrected chi connectivity index (χ2v) is 9.87. The van der Waals surface area contributed by atoms with Crippen LogP contribution in [0, 0.1) is 5.92 Å². The number of carboxylic acid groups (broad SMARTS) is 1. The Morgan fingerprint density at radius 2 is 1.66 bits per heavy atom. The molecule has 2 aliphatic carbocycles. The summed E-state index contributed by atoms with van der Waals surface area (Å²) in [4.78, 5) is 37.9. The number of carbonyl (C=O) groups excluding carboxylic acids is 2. The van der Waals surface area contributed by atoms with Crippen molar-refractivity contribution in [1.29, 1.82) is 0 Å². The van der Waals surface area contributed by atoms with Gasteiger partial charge < -0.3 is 20.1 Å². The van der Waals surface area contributed by atoms with Gasteiger partial charge in [-0.3, -0.25) is 9.59 Å². The molecule has 35 heavy (non-hydrogen) atoms. The molecule has 0 aromatic heterocycles. The van der Waals surface area contributed by atoms with Crippen LogP contribution in [-0.4, -0.2) is 53.2 Å². The Bertz CT molecular complexity index is 1040. The number of nitrogens with zero attached hydrogens (tertiary/aromatic N) is 1. The van der Waals surface area contributed by atoms with E-state index in [2.05, 4.69) is 29.6 Å². The molecule has 2 aliphatic rings. The molecule has 7 nitrogen and oxygen atoms in total. The highest BCUT2D eigenvalue weighted by molar-refractivity contribution is 5.79. The molecule has 4 rings (SSSR count). The number of hydrogen-bond acceptors (Lipinski definition) is 4. The fraction of sp³-hybridized carbons (Fsp3) is 0.464. The van der Waals surface area contributed by atoms with E-state index in [1.807, 2.05) is 38.1 Å². The molecule has 0 aliphatic heterocycles. The second-order valence-electron chi connectivity index (χ2n) is 9.87. The number of aliphatic carboxylic acids is 1. The van der Waals surface area contributed by atoms with Gasteiger partial charge >= 0.3 is 12.1 Å². The third-order valence-electron chi connectivity index (χ3n) is 7.18. The van der Waals surface area contributed by atoms with Gasteiger partial charge in [0.15, 0.2) is 0 Å². The van der Waals surface area contributed by atoms with E-state index in [1.165, 1.54) is 22.3 Å². The highest BCUT2D eigenvalue weighted by Crippen LogP contribution is 2.44. The van der Waals surface area contributed by atoms with Gasteiger partial charge in [0.1, 0.15) is 6.61 Å². The number of benzene rings is 2. The first kappa shape index (κ1) is 24.8. The Hall–Kier alpha value is -3.35. The lowest BCUT2D eigenvalue weighted by molar-refractivity contribution is -0.139. The lowest BCUT2D eigenvalue weighted by atomic mass is 9.98. The molecule has 1 saturated carbocycles. The molecule has 2 aromatic rings. The fourth-order valence-corrected chi connectivity index (χ4v) is 5.45. The average Bonchev–Trinajstić information content (AvgIpc) is 3.39. The van der Waals surface area contributed by atoms with E-state index >= 15 is 0 Å². The topological polar surface area (TPSA) is 95.9 Å². The zero-order valence-corrected chi connectivity index (χ0v) is 20.4. The predicted octanol–water partition coefficient (Wildman–Crippen LogP) is 4.80. The third-order valence-corrected chi connectivity index (χ3v) is 7.18. The van der Waals surface area contributed by atoms with Crippen LogP contribution in [0.4, 0.5) is 4.79 Å². The average molecular weight is 479 g/mol. The summed E-state index contributed by atoms with van der Waals surface area (Å²) in [6.45, 7) is 4.30. The Morgan fingerprint density at radius 1 is 1.03 bits per heavy atom. The van der Waals surface area contributed by atoms with E-state index in [0.29, 0.717) is 6.42 Å². The van der Waals surface area contributed by atoms with Gasteiger partial charge in [0.25, 0.3) is 0 Å². The SMILES string of the molecule is CC(C)N(CCC(=O)O)C(=O)C[C@@H]1CC[C@H](NC(=O)OCC2c3ccccc3-c3ccccc32)C1. The molecule has 2 atom stereocenters. The van der Waals surface area contributed by atoms with Crippen LogP contribution in [0.1, 0.15) is 63.0 Å². The molecule has 0 bridgehead atoms. The molecule has 186 valence electrons. The number of amides is 2. The van der Waals surface area contributed by atoms with E-state index < -0.39 is 12.1 Å². The van der Waals surface area contributed by atoms with Crippen LogP contribution < -0.4 is 5.32 Å². The van der Waals surface area contributed by atoms with Crippen molar-refractivity contribution >= 4 is 18.0 Å². The first-order chi connectivity index (χ1) is 16.8. The maximum atomic E-state index is 12.8. The summed E-state index contributed by atoms with van der Waals surface area (Å²) in [7, 11) is 0. The van der Waals surface area contributed by atoms with Crippen LogP contribution in [0.2, 0.25) is 0 Å². The van der Waals surface area contributed by atoms with Gasteiger partial charge in [0.05, 0.1) is 6.42 Å². The Labute approximate surface area is 206 Å². The van der Waals surface area contributed by atoms with Gasteiger partial charge in [-0.1, -0.05) is 48.5 Å². The summed E-state index contributed by atoms with van der Waals surface area (Å²) >= 11 is 0. The Morgan fingerprint density at radius 3 is 2.26 bits per heavy atom. The van der Waals surface area contributed by atoms with E-state index in [-0.39, 0.29) is 49.4 Å². The fourth-order valence-electron chi connectivity index (χ4n) is 5.45. The van der Waals surface area contributed by atoms with Gasteiger partial charge in [-0.15, -0.1) is 0 Å². The first-order valence-corrected chi connectivity index (χ1v) is 12.5. The maximum Gasteiger partial charge on any atom is 0.407 e. The van der Waals surface area contributed by atoms with Gasteiger partial charge in [0, 0.05) is 31.0 Å². The number of alkyl carbamates (subject to hydrolysis) is 1. The molecule has 2 N–H and O–H groups in total. The summed E-state index contributed by atoms with van der Waals surface area (Å²) in [5.74, 6) is -0.730. The maximum absolute atomic E-state index is 12.8. The zero-order valence-electron chi connectivity index (χ0n) is 20.4. The summed E-state index contributed by atoms with van der Waals surface area (Å²) in [6.07, 6.45) is 2.28.